The number of hydrogen-bond acceptors (Lipinski definition) is 4. The fourth-order valence-corrected chi connectivity index (χ4v) is 4.93. The highest BCUT2D eigenvalue weighted by Gasteiger charge is 2.23. The normalized spacial score (nSPS) is 11.8. The van der Waals surface area contributed by atoms with Gasteiger partial charge in [0.25, 0.3) is 0 Å². The van der Waals surface area contributed by atoms with Gasteiger partial charge in [0, 0.05) is 28.6 Å². The van der Waals surface area contributed by atoms with Crippen LogP contribution < -0.4 is 27.7 Å². The summed E-state index contributed by atoms with van der Waals surface area (Å²) in [4.78, 5) is 13.2. The van der Waals surface area contributed by atoms with E-state index >= 15 is 0 Å². The molecule has 0 saturated heterocycles. The van der Waals surface area contributed by atoms with Gasteiger partial charge in [0.2, 0.25) is 5.36 Å². The molecule has 1 aliphatic heterocycles. The van der Waals surface area contributed by atoms with Crippen molar-refractivity contribution in [1.29, 1.82) is 0 Å². The van der Waals surface area contributed by atoms with Gasteiger partial charge in [-0.3, -0.25) is 0 Å². The number of nitrogens with zero attached hydrogens (tertiary/aromatic N) is 1. The molecule has 5 nitrogen and oxygen atoms in total. The molecule has 1 heterocycles. The number of esters is 1. The molecule has 1 aliphatic carbocycles. The van der Waals surface area contributed by atoms with Crippen LogP contribution in [-0.2, 0) is 4.74 Å². The van der Waals surface area contributed by atoms with Crippen molar-refractivity contribution in [2.24, 2.45) is 0 Å². The van der Waals surface area contributed by atoms with E-state index in [-0.39, 0.29) is 24.4 Å². The molecule has 38 heavy (non-hydrogen) atoms. The summed E-state index contributed by atoms with van der Waals surface area (Å²) < 4.78 is 14.5. The minimum Gasteiger partial charge on any atom is -1.00 e. The average molecular weight is 535 g/mol. The summed E-state index contributed by atoms with van der Waals surface area (Å²) in [5.74, 6) is 0.512. The first-order chi connectivity index (χ1) is 18.0. The number of halogens is 1. The Morgan fingerprint density at radius 3 is 2.45 bits per heavy atom. The van der Waals surface area contributed by atoms with Crippen molar-refractivity contribution in [1.82, 2.24) is 9.89 Å². The SMILES string of the molecule is CCCCOC(=O)c1ccccc1-c1c2ccc(=[N+](CC)CC)cc-2oc2cc(C(C)NCC)ccc12.[Cl-]. The van der Waals surface area contributed by atoms with Crippen molar-refractivity contribution in [2.75, 3.05) is 26.2 Å². The highest BCUT2D eigenvalue weighted by atomic mass is 35.5. The molecule has 0 bridgehead atoms. The van der Waals surface area contributed by atoms with Gasteiger partial charge in [-0.15, -0.1) is 0 Å². The molecule has 1 atom stereocenters. The topological polar surface area (TPSA) is 54.5 Å². The molecule has 4 rings (SSSR count). The lowest BCUT2D eigenvalue weighted by molar-refractivity contribution is -0.0000266. The lowest BCUT2D eigenvalue weighted by atomic mass is 9.90. The predicted molar refractivity (Wildman–Crippen MR) is 152 cm³/mol. The van der Waals surface area contributed by atoms with E-state index in [4.69, 9.17) is 9.15 Å². The third kappa shape index (κ3) is 6.11. The number of nitrogens with one attached hydrogen (secondary N) is 1. The molecule has 0 spiro atoms. The van der Waals surface area contributed by atoms with Gasteiger partial charge in [-0.2, -0.15) is 0 Å². The third-order valence-corrected chi connectivity index (χ3v) is 7.02. The van der Waals surface area contributed by atoms with Crippen LogP contribution in [0.4, 0.5) is 0 Å². The summed E-state index contributed by atoms with van der Waals surface area (Å²) in [6.45, 7) is 13.8. The molecule has 2 aliphatic rings. The van der Waals surface area contributed by atoms with E-state index in [0.717, 1.165) is 76.8 Å². The smallest absolute Gasteiger partial charge is 0.338 e. The molecule has 0 saturated carbocycles. The second-order valence-corrected chi connectivity index (χ2v) is 9.40. The van der Waals surface area contributed by atoms with Crippen LogP contribution in [0.2, 0.25) is 0 Å². The first kappa shape index (κ1) is 29.4. The molecular weight excluding hydrogens is 496 g/mol. The van der Waals surface area contributed by atoms with E-state index in [2.05, 4.69) is 80.9 Å². The molecule has 0 radical (unpaired) electrons. The highest BCUT2D eigenvalue weighted by molar-refractivity contribution is 6.07. The Morgan fingerprint density at radius 2 is 1.74 bits per heavy atom. The van der Waals surface area contributed by atoms with Crippen LogP contribution in [0.5, 0.6) is 0 Å². The van der Waals surface area contributed by atoms with Crippen LogP contribution in [0, 0.1) is 0 Å². The Bertz CT molecular complexity index is 1420. The van der Waals surface area contributed by atoms with E-state index in [1.165, 1.54) is 0 Å². The third-order valence-electron chi connectivity index (χ3n) is 7.02. The average Bonchev–Trinajstić information content (AvgIpc) is 2.92. The largest absolute Gasteiger partial charge is 1.00 e. The van der Waals surface area contributed by atoms with Crippen LogP contribution in [0.15, 0.2) is 65.1 Å². The van der Waals surface area contributed by atoms with Crippen LogP contribution in [-0.4, -0.2) is 32.2 Å². The van der Waals surface area contributed by atoms with Crippen molar-refractivity contribution in [3.8, 4) is 22.5 Å². The second-order valence-electron chi connectivity index (χ2n) is 9.40. The van der Waals surface area contributed by atoms with E-state index in [9.17, 15) is 4.79 Å². The maximum atomic E-state index is 13.2. The Hall–Kier alpha value is -3.15. The number of hydrogen-bond donors (Lipinski definition) is 1. The van der Waals surface area contributed by atoms with Crippen molar-refractivity contribution >= 4 is 16.9 Å². The standard InChI is InChI=1S/C32H39N2O3.ClH/c1-6-10-19-36-32(35)26-14-12-11-13-25(26)31-27-17-15-23(22(5)33-7-2)20-29(27)37-30-21-24(16-18-28(30)31)34(8-3)9-4;/h11-18,20-22,33H,6-10,19H2,1-5H3;1H/q+1;/p-1. The lowest BCUT2D eigenvalue weighted by Gasteiger charge is -2.19. The fraction of sp³-hybridized carbons (Fsp3) is 0.375. The van der Waals surface area contributed by atoms with Gasteiger partial charge in [0.1, 0.15) is 24.4 Å². The van der Waals surface area contributed by atoms with Crippen LogP contribution >= 0.6 is 0 Å². The predicted octanol–water partition coefficient (Wildman–Crippen LogP) is 3.65. The summed E-state index contributed by atoms with van der Waals surface area (Å²) in [7, 11) is 0. The van der Waals surface area contributed by atoms with Crippen LogP contribution in [0.3, 0.4) is 0 Å². The molecular formula is C32H39ClN2O3. The lowest BCUT2D eigenvalue weighted by Crippen LogP contribution is -3.00. The zero-order valence-electron chi connectivity index (χ0n) is 23.1. The van der Waals surface area contributed by atoms with Gasteiger partial charge in [-0.1, -0.05) is 50.6 Å². The van der Waals surface area contributed by atoms with Crippen molar-refractivity contribution < 1.29 is 26.4 Å². The summed E-state index contributed by atoms with van der Waals surface area (Å²) >= 11 is 0. The zero-order chi connectivity index (χ0) is 26.4. The highest BCUT2D eigenvalue weighted by Crippen LogP contribution is 2.41. The minimum atomic E-state index is -0.289. The summed E-state index contributed by atoms with van der Waals surface area (Å²) in [5, 5.41) is 5.59. The van der Waals surface area contributed by atoms with Gasteiger partial charge in [0.05, 0.1) is 18.2 Å². The molecule has 0 amide bonds. The number of unbranched alkanes of at least 4 members (excludes halogenated alkanes) is 1. The zero-order valence-corrected chi connectivity index (χ0v) is 23.9. The summed E-state index contributed by atoms with van der Waals surface area (Å²) in [6, 6.07) is 20.7. The monoisotopic (exact) mass is 534 g/mol. The molecule has 1 unspecified atom stereocenters. The Labute approximate surface area is 232 Å². The number of benzene rings is 3. The second kappa shape index (κ2) is 13.6. The van der Waals surface area contributed by atoms with E-state index in [1.54, 1.807) is 0 Å². The van der Waals surface area contributed by atoms with Gasteiger partial charge in [-0.25, -0.2) is 9.37 Å². The van der Waals surface area contributed by atoms with Gasteiger partial charge < -0.3 is 26.9 Å². The van der Waals surface area contributed by atoms with Gasteiger partial charge in [0.15, 0.2) is 0 Å². The quantitative estimate of drug-likeness (QED) is 0.146. The Morgan fingerprint density at radius 1 is 0.974 bits per heavy atom. The fourth-order valence-electron chi connectivity index (χ4n) is 4.93. The van der Waals surface area contributed by atoms with E-state index in [1.807, 2.05) is 24.3 Å². The van der Waals surface area contributed by atoms with Crippen LogP contribution in [0.25, 0.3) is 33.4 Å². The van der Waals surface area contributed by atoms with Crippen molar-refractivity contribution in [3.63, 3.8) is 0 Å². The number of fused-ring (bicyclic) bond motifs is 2. The molecule has 202 valence electrons. The molecule has 0 aromatic heterocycles. The molecule has 1 N–H and O–H groups in total. The van der Waals surface area contributed by atoms with Gasteiger partial charge >= 0.3 is 5.97 Å². The van der Waals surface area contributed by atoms with Crippen LogP contribution in [0.1, 0.15) is 69.4 Å². The number of carbonyl (C=O) groups is 1. The minimum absolute atomic E-state index is 0. The molecule has 0 fully saturated rings. The van der Waals surface area contributed by atoms with Crippen molar-refractivity contribution in [2.45, 2.75) is 53.5 Å². The maximum absolute atomic E-state index is 13.2. The summed E-state index contributed by atoms with van der Waals surface area (Å²) in [6.07, 6.45) is 1.83. The number of carbonyl (C=O) groups excluding carboxylic acids is 1. The van der Waals surface area contributed by atoms with Gasteiger partial charge in [-0.05, 0) is 63.1 Å². The number of ether oxygens (including phenoxy) is 1. The Kier molecular flexibility index (Phi) is 10.5. The molecule has 2 aromatic rings. The molecule has 6 heteroatoms. The number of rotatable bonds is 10. The Balaban J connectivity index is 0.00000400. The first-order valence-electron chi connectivity index (χ1n) is 13.6. The first-order valence-corrected chi connectivity index (χ1v) is 13.6. The maximum Gasteiger partial charge on any atom is 0.338 e. The van der Waals surface area contributed by atoms with E-state index in [0.29, 0.717) is 12.2 Å². The molecule has 2 aromatic carbocycles. The van der Waals surface area contributed by atoms with E-state index < -0.39 is 0 Å². The summed E-state index contributed by atoms with van der Waals surface area (Å²) in [5.41, 5.74) is 5.37. The van der Waals surface area contributed by atoms with Crippen molar-refractivity contribution in [3.05, 3.63) is 77.1 Å².